The maximum Gasteiger partial charge on any atom is 0.0754 e. The summed E-state index contributed by atoms with van der Waals surface area (Å²) in [5.41, 5.74) is 6.67. The molecule has 0 aromatic rings. The predicted octanol–water partition coefficient (Wildman–Crippen LogP) is 2.09. The molecule has 98 valence electrons. The quantitative estimate of drug-likeness (QED) is 0.802. The van der Waals surface area contributed by atoms with Crippen LogP contribution in [0.1, 0.15) is 45.4 Å². The zero-order valence-corrected chi connectivity index (χ0v) is 10.9. The molecule has 4 atom stereocenters. The summed E-state index contributed by atoms with van der Waals surface area (Å²) in [7, 11) is 0. The van der Waals surface area contributed by atoms with E-state index in [0.29, 0.717) is 11.8 Å². The molecule has 2 saturated heterocycles. The van der Waals surface area contributed by atoms with Gasteiger partial charge in [0.05, 0.1) is 11.7 Å². The Kier molecular flexibility index (Phi) is 3.18. The van der Waals surface area contributed by atoms with Crippen LogP contribution in [0.15, 0.2) is 0 Å². The van der Waals surface area contributed by atoms with Crippen LogP contribution in [0.4, 0.5) is 0 Å². The van der Waals surface area contributed by atoms with Gasteiger partial charge in [-0.05, 0) is 50.4 Å². The first-order chi connectivity index (χ1) is 8.20. The Bertz CT molecular complexity index is 277. The Morgan fingerprint density at radius 3 is 2.65 bits per heavy atom. The lowest BCUT2D eigenvalue weighted by atomic mass is 9.69. The maximum atomic E-state index is 6.46. The van der Waals surface area contributed by atoms with E-state index in [4.69, 9.17) is 15.2 Å². The van der Waals surface area contributed by atoms with Gasteiger partial charge in [0.25, 0.3) is 0 Å². The number of hydrogen-bond acceptors (Lipinski definition) is 3. The lowest BCUT2D eigenvalue weighted by molar-refractivity contribution is -0.150. The summed E-state index contributed by atoms with van der Waals surface area (Å²) in [4.78, 5) is 0. The molecule has 4 unspecified atom stereocenters. The molecule has 17 heavy (non-hydrogen) atoms. The second-order valence-electron chi connectivity index (χ2n) is 6.32. The van der Waals surface area contributed by atoms with Crippen molar-refractivity contribution in [2.24, 2.45) is 17.6 Å². The fourth-order valence-corrected chi connectivity index (χ4v) is 3.79. The number of rotatable bonds is 2. The molecule has 3 aliphatic rings. The van der Waals surface area contributed by atoms with E-state index in [1.165, 1.54) is 32.1 Å². The molecular weight excluding hydrogens is 214 g/mol. The second kappa shape index (κ2) is 4.52. The van der Waals surface area contributed by atoms with Crippen molar-refractivity contribution in [2.75, 3.05) is 13.2 Å². The van der Waals surface area contributed by atoms with Crippen LogP contribution in [0, 0.1) is 11.8 Å². The molecule has 1 saturated carbocycles. The molecule has 1 spiro atoms. The van der Waals surface area contributed by atoms with Gasteiger partial charge < -0.3 is 15.2 Å². The molecule has 0 bridgehead atoms. The smallest absolute Gasteiger partial charge is 0.0754 e. The third-order valence-electron chi connectivity index (χ3n) is 5.16. The van der Waals surface area contributed by atoms with E-state index < -0.39 is 0 Å². The summed E-state index contributed by atoms with van der Waals surface area (Å²) < 4.78 is 11.8. The molecule has 3 heteroatoms. The molecular formula is C14H25NO2. The zero-order chi connectivity index (χ0) is 11.9. The van der Waals surface area contributed by atoms with E-state index in [-0.39, 0.29) is 17.7 Å². The summed E-state index contributed by atoms with van der Waals surface area (Å²) in [5.74, 6) is 1.24. The third kappa shape index (κ3) is 2.13. The van der Waals surface area contributed by atoms with Crippen LogP contribution >= 0.6 is 0 Å². The Hall–Kier alpha value is -0.120. The zero-order valence-electron chi connectivity index (χ0n) is 10.9. The Labute approximate surface area is 104 Å². The average Bonchev–Trinajstić information content (AvgIpc) is 2.73. The Morgan fingerprint density at radius 1 is 1.24 bits per heavy atom. The predicted molar refractivity (Wildman–Crippen MR) is 66.8 cm³/mol. The lowest BCUT2D eigenvalue weighted by Crippen LogP contribution is -2.52. The van der Waals surface area contributed by atoms with Gasteiger partial charge in [-0.1, -0.05) is 6.92 Å². The van der Waals surface area contributed by atoms with E-state index >= 15 is 0 Å². The molecule has 0 radical (unpaired) electrons. The molecule has 3 fully saturated rings. The first-order valence-electron chi connectivity index (χ1n) is 7.21. The van der Waals surface area contributed by atoms with Crippen LogP contribution in [0.3, 0.4) is 0 Å². The minimum Gasteiger partial charge on any atom is -0.376 e. The molecule has 3 nitrogen and oxygen atoms in total. The lowest BCUT2D eigenvalue weighted by Gasteiger charge is -2.49. The van der Waals surface area contributed by atoms with Crippen molar-refractivity contribution >= 4 is 0 Å². The highest BCUT2D eigenvalue weighted by atomic mass is 16.5. The van der Waals surface area contributed by atoms with E-state index in [9.17, 15) is 0 Å². The highest BCUT2D eigenvalue weighted by molar-refractivity contribution is 4.98. The van der Waals surface area contributed by atoms with Crippen LogP contribution in [0.2, 0.25) is 0 Å². The van der Waals surface area contributed by atoms with Crippen molar-refractivity contribution in [3.8, 4) is 0 Å². The van der Waals surface area contributed by atoms with Gasteiger partial charge in [-0.2, -0.15) is 0 Å². The summed E-state index contributed by atoms with van der Waals surface area (Å²) >= 11 is 0. The Morgan fingerprint density at radius 2 is 2.06 bits per heavy atom. The van der Waals surface area contributed by atoms with Crippen molar-refractivity contribution in [2.45, 2.75) is 63.2 Å². The molecule has 2 heterocycles. The highest BCUT2D eigenvalue weighted by Crippen LogP contribution is 2.45. The van der Waals surface area contributed by atoms with Gasteiger partial charge >= 0.3 is 0 Å². The number of nitrogens with two attached hydrogens (primary N) is 1. The van der Waals surface area contributed by atoms with Crippen molar-refractivity contribution in [1.82, 2.24) is 0 Å². The SMILES string of the molecule is CC1CCOC1C(N)C1CCOC2(CCC2)C1. The third-order valence-corrected chi connectivity index (χ3v) is 5.16. The van der Waals surface area contributed by atoms with E-state index in [2.05, 4.69) is 6.92 Å². The van der Waals surface area contributed by atoms with Crippen LogP contribution < -0.4 is 5.73 Å². The van der Waals surface area contributed by atoms with Gasteiger partial charge in [-0.15, -0.1) is 0 Å². The fraction of sp³-hybridized carbons (Fsp3) is 1.00. The van der Waals surface area contributed by atoms with Gasteiger partial charge in [0, 0.05) is 19.3 Å². The van der Waals surface area contributed by atoms with Crippen LogP contribution in [-0.4, -0.2) is 31.0 Å². The summed E-state index contributed by atoms with van der Waals surface area (Å²) in [6, 6.07) is 0.217. The summed E-state index contributed by atoms with van der Waals surface area (Å²) in [6.07, 6.45) is 7.57. The average molecular weight is 239 g/mol. The minimum absolute atomic E-state index is 0.211. The van der Waals surface area contributed by atoms with Crippen LogP contribution in [0.5, 0.6) is 0 Å². The molecule has 3 rings (SSSR count). The van der Waals surface area contributed by atoms with Gasteiger partial charge in [0.1, 0.15) is 0 Å². The van der Waals surface area contributed by atoms with E-state index in [0.717, 1.165) is 19.6 Å². The van der Waals surface area contributed by atoms with E-state index in [1.54, 1.807) is 0 Å². The maximum absolute atomic E-state index is 6.46. The number of ether oxygens (including phenoxy) is 2. The van der Waals surface area contributed by atoms with Gasteiger partial charge in [-0.3, -0.25) is 0 Å². The topological polar surface area (TPSA) is 44.5 Å². The second-order valence-corrected chi connectivity index (χ2v) is 6.32. The summed E-state index contributed by atoms with van der Waals surface area (Å²) in [5, 5.41) is 0. The first kappa shape index (κ1) is 11.9. The van der Waals surface area contributed by atoms with Gasteiger partial charge in [0.15, 0.2) is 0 Å². The molecule has 2 N–H and O–H groups in total. The van der Waals surface area contributed by atoms with Gasteiger partial charge in [0.2, 0.25) is 0 Å². The van der Waals surface area contributed by atoms with Crippen molar-refractivity contribution in [1.29, 1.82) is 0 Å². The van der Waals surface area contributed by atoms with Crippen LogP contribution in [0.25, 0.3) is 0 Å². The van der Waals surface area contributed by atoms with Crippen molar-refractivity contribution in [3.63, 3.8) is 0 Å². The molecule has 0 amide bonds. The largest absolute Gasteiger partial charge is 0.376 e. The normalized spacial score (nSPS) is 42.4. The first-order valence-corrected chi connectivity index (χ1v) is 7.21. The number of hydrogen-bond donors (Lipinski definition) is 1. The van der Waals surface area contributed by atoms with Gasteiger partial charge in [-0.25, -0.2) is 0 Å². The van der Waals surface area contributed by atoms with E-state index in [1.807, 2.05) is 0 Å². The van der Waals surface area contributed by atoms with Crippen molar-refractivity contribution < 1.29 is 9.47 Å². The van der Waals surface area contributed by atoms with Crippen LogP contribution in [-0.2, 0) is 9.47 Å². The monoisotopic (exact) mass is 239 g/mol. The molecule has 1 aliphatic carbocycles. The highest BCUT2D eigenvalue weighted by Gasteiger charge is 2.46. The molecule has 0 aromatic carbocycles. The van der Waals surface area contributed by atoms with Crippen molar-refractivity contribution in [3.05, 3.63) is 0 Å². The summed E-state index contributed by atoms with van der Waals surface area (Å²) in [6.45, 7) is 4.07. The minimum atomic E-state index is 0.211. The standard InChI is InChI=1S/C14H25NO2/c1-10-3-7-16-13(10)12(15)11-4-8-17-14(9-11)5-2-6-14/h10-13H,2-9,15H2,1H3. The fourth-order valence-electron chi connectivity index (χ4n) is 3.79. The molecule has 2 aliphatic heterocycles. The Balaban J connectivity index is 1.63. The molecule has 0 aromatic heterocycles.